The number of para-hydroxylation sites is 2. The van der Waals surface area contributed by atoms with Gasteiger partial charge in [0.2, 0.25) is 0 Å². The molecule has 0 saturated carbocycles. The molecule has 1 unspecified atom stereocenters. The van der Waals surface area contributed by atoms with Crippen molar-refractivity contribution >= 4 is 28.5 Å². The zero-order valence-electron chi connectivity index (χ0n) is 19.1. The van der Waals surface area contributed by atoms with Gasteiger partial charge in [-0.15, -0.1) is 0 Å². The van der Waals surface area contributed by atoms with Crippen molar-refractivity contribution in [1.29, 1.82) is 0 Å². The Bertz CT molecular complexity index is 1280. The van der Waals surface area contributed by atoms with Gasteiger partial charge in [0.15, 0.2) is 0 Å². The van der Waals surface area contributed by atoms with Gasteiger partial charge in [-0.1, -0.05) is 35.9 Å². The van der Waals surface area contributed by atoms with E-state index in [1.807, 2.05) is 31.2 Å². The topological polar surface area (TPSA) is 56.1 Å². The van der Waals surface area contributed by atoms with Crippen LogP contribution in [0.15, 0.2) is 66.7 Å². The van der Waals surface area contributed by atoms with Crippen molar-refractivity contribution in [2.75, 3.05) is 6.61 Å². The number of nitrogens with one attached hydrogen (secondary N) is 1. The lowest BCUT2D eigenvalue weighted by Gasteiger charge is -2.17. The van der Waals surface area contributed by atoms with Gasteiger partial charge in [0, 0.05) is 17.1 Å². The molecular formula is C27H28ClN3O2. The normalized spacial score (nSPS) is 12.0. The SMILES string of the molecule is Cc1ccc(OCCCn2c(C(C)NC(=O)c3cccc(Cl)c3)nc3ccccc32)cc1C. The Balaban J connectivity index is 1.47. The second-order valence-electron chi connectivity index (χ2n) is 8.26. The van der Waals surface area contributed by atoms with E-state index in [9.17, 15) is 4.79 Å². The van der Waals surface area contributed by atoms with Gasteiger partial charge < -0.3 is 14.6 Å². The van der Waals surface area contributed by atoms with Crippen LogP contribution in [0.3, 0.4) is 0 Å². The second-order valence-corrected chi connectivity index (χ2v) is 8.70. The summed E-state index contributed by atoms with van der Waals surface area (Å²) in [5.74, 6) is 1.52. The van der Waals surface area contributed by atoms with Gasteiger partial charge in [-0.05, 0) is 80.8 Å². The van der Waals surface area contributed by atoms with Crippen molar-refractivity contribution in [3.05, 3.63) is 94.3 Å². The number of rotatable bonds is 8. The largest absolute Gasteiger partial charge is 0.494 e. The minimum Gasteiger partial charge on any atom is -0.494 e. The van der Waals surface area contributed by atoms with E-state index >= 15 is 0 Å². The lowest BCUT2D eigenvalue weighted by molar-refractivity contribution is 0.0937. The Morgan fingerprint density at radius 2 is 1.88 bits per heavy atom. The van der Waals surface area contributed by atoms with E-state index in [0.717, 1.165) is 35.6 Å². The second kappa shape index (κ2) is 10.1. The fourth-order valence-electron chi connectivity index (χ4n) is 3.85. The summed E-state index contributed by atoms with van der Waals surface area (Å²) in [6.45, 7) is 7.46. The Kier molecular flexibility index (Phi) is 6.99. The standard InChI is InChI=1S/C27H28ClN3O2/c1-18-12-13-23(16-19(18)2)33-15-7-14-31-25-11-5-4-10-24(25)30-26(31)20(3)29-27(32)21-8-6-9-22(28)17-21/h4-6,8-13,16-17,20H,7,14-15H2,1-3H3,(H,29,32). The number of fused-ring (bicyclic) bond motifs is 1. The molecule has 0 fully saturated rings. The van der Waals surface area contributed by atoms with Gasteiger partial charge in [0.25, 0.3) is 5.91 Å². The summed E-state index contributed by atoms with van der Waals surface area (Å²) in [4.78, 5) is 17.6. The molecule has 6 heteroatoms. The summed E-state index contributed by atoms with van der Waals surface area (Å²) >= 11 is 6.04. The van der Waals surface area contributed by atoms with E-state index in [1.165, 1.54) is 11.1 Å². The third kappa shape index (κ3) is 5.37. The quantitative estimate of drug-likeness (QED) is 0.315. The zero-order chi connectivity index (χ0) is 23.4. The maximum Gasteiger partial charge on any atom is 0.251 e. The summed E-state index contributed by atoms with van der Waals surface area (Å²) in [6, 6.07) is 20.8. The first-order valence-corrected chi connectivity index (χ1v) is 11.5. The lowest BCUT2D eigenvalue weighted by Crippen LogP contribution is -2.28. The van der Waals surface area contributed by atoms with E-state index in [4.69, 9.17) is 21.3 Å². The Hall–Kier alpha value is -3.31. The summed E-state index contributed by atoms with van der Waals surface area (Å²) in [6.07, 6.45) is 0.815. The number of halogens is 1. The molecule has 1 atom stereocenters. The molecule has 4 aromatic rings. The fourth-order valence-corrected chi connectivity index (χ4v) is 4.04. The molecule has 1 N–H and O–H groups in total. The predicted octanol–water partition coefficient (Wildman–Crippen LogP) is 6.27. The average molecular weight is 462 g/mol. The number of hydrogen-bond donors (Lipinski definition) is 1. The average Bonchev–Trinajstić information content (AvgIpc) is 3.18. The first-order valence-electron chi connectivity index (χ1n) is 11.1. The van der Waals surface area contributed by atoms with E-state index in [0.29, 0.717) is 17.2 Å². The third-order valence-electron chi connectivity index (χ3n) is 5.78. The van der Waals surface area contributed by atoms with E-state index in [-0.39, 0.29) is 11.9 Å². The summed E-state index contributed by atoms with van der Waals surface area (Å²) in [5, 5.41) is 3.59. The van der Waals surface area contributed by atoms with Gasteiger partial charge in [-0.3, -0.25) is 4.79 Å². The van der Waals surface area contributed by atoms with E-state index in [1.54, 1.807) is 24.3 Å². The maximum absolute atomic E-state index is 12.7. The fraction of sp³-hybridized carbons (Fsp3) is 0.259. The third-order valence-corrected chi connectivity index (χ3v) is 6.01. The molecule has 0 aliphatic heterocycles. The van der Waals surface area contributed by atoms with Crippen LogP contribution in [-0.2, 0) is 6.54 Å². The lowest BCUT2D eigenvalue weighted by atomic mass is 10.1. The summed E-state index contributed by atoms with van der Waals surface area (Å²) in [5.41, 5.74) is 4.96. The number of ether oxygens (including phenoxy) is 1. The van der Waals surface area contributed by atoms with Crippen molar-refractivity contribution in [3.63, 3.8) is 0 Å². The number of aryl methyl sites for hydroxylation is 3. The van der Waals surface area contributed by atoms with Crippen LogP contribution in [0.25, 0.3) is 11.0 Å². The molecule has 0 bridgehead atoms. The van der Waals surface area contributed by atoms with Crippen LogP contribution in [0.5, 0.6) is 5.75 Å². The molecular weight excluding hydrogens is 434 g/mol. The van der Waals surface area contributed by atoms with Gasteiger partial charge in [0.1, 0.15) is 11.6 Å². The summed E-state index contributed by atoms with van der Waals surface area (Å²) in [7, 11) is 0. The number of carbonyl (C=O) groups is 1. The molecule has 0 aliphatic rings. The molecule has 0 saturated heterocycles. The molecule has 4 rings (SSSR count). The van der Waals surface area contributed by atoms with E-state index < -0.39 is 0 Å². The predicted molar refractivity (Wildman–Crippen MR) is 133 cm³/mol. The number of nitrogens with zero attached hydrogens (tertiary/aromatic N) is 2. The molecule has 170 valence electrons. The molecule has 5 nitrogen and oxygen atoms in total. The highest BCUT2D eigenvalue weighted by atomic mass is 35.5. The first kappa shape index (κ1) is 22.9. The number of benzene rings is 3. The molecule has 33 heavy (non-hydrogen) atoms. The van der Waals surface area contributed by atoms with Crippen molar-refractivity contribution in [1.82, 2.24) is 14.9 Å². The van der Waals surface area contributed by atoms with Gasteiger partial charge in [-0.2, -0.15) is 0 Å². The number of amides is 1. The van der Waals surface area contributed by atoms with Crippen LogP contribution in [0.1, 0.15) is 46.7 Å². The van der Waals surface area contributed by atoms with Crippen molar-refractivity contribution in [3.8, 4) is 5.75 Å². The molecule has 0 radical (unpaired) electrons. The Morgan fingerprint density at radius 1 is 1.06 bits per heavy atom. The molecule has 1 amide bonds. The first-order chi connectivity index (χ1) is 15.9. The number of carbonyl (C=O) groups excluding carboxylic acids is 1. The Morgan fingerprint density at radius 3 is 2.67 bits per heavy atom. The van der Waals surface area contributed by atoms with Crippen LogP contribution in [0.4, 0.5) is 0 Å². The van der Waals surface area contributed by atoms with Gasteiger partial charge >= 0.3 is 0 Å². The molecule has 3 aromatic carbocycles. The van der Waals surface area contributed by atoms with Crippen molar-refractivity contribution in [2.24, 2.45) is 0 Å². The van der Waals surface area contributed by atoms with Crippen LogP contribution in [0, 0.1) is 13.8 Å². The van der Waals surface area contributed by atoms with Crippen LogP contribution in [0.2, 0.25) is 5.02 Å². The monoisotopic (exact) mass is 461 g/mol. The van der Waals surface area contributed by atoms with Gasteiger partial charge in [0.05, 0.1) is 23.7 Å². The van der Waals surface area contributed by atoms with Crippen LogP contribution >= 0.6 is 11.6 Å². The van der Waals surface area contributed by atoms with Crippen molar-refractivity contribution < 1.29 is 9.53 Å². The van der Waals surface area contributed by atoms with Crippen LogP contribution in [-0.4, -0.2) is 22.1 Å². The number of aromatic nitrogens is 2. The highest BCUT2D eigenvalue weighted by Crippen LogP contribution is 2.22. The summed E-state index contributed by atoms with van der Waals surface area (Å²) < 4.78 is 8.14. The van der Waals surface area contributed by atoms with E-state index in [2.05, 4.69) is 41.9 Å². The minimum atomic E-state index is -0.274. The van der Waals surface area contributed by atoms with Crippen molar-refractivity contribution in [2.45, 2.75) is 39.8 Å². The molecule has 1 heterocycles. The smallest absolute Gasteiger partial charge is 0.251 e. The van der Waals surface area contributed by atoms with Crippen LogP contribution < -0.4 is 10.1 Å². The molecule has 0 aliphatic carbocycles. The highest BCUT2D eigenvalue weighted by molar-refractivity contribution is 6.30. The molecule has 1 aromatic heterocycles. The molecule has 0 spiro atoms. The highest BCUT2D eigenvalue weighted by Gasteiger charge is 2.19. The van der Waals surface area contributed by atoms with Gasteiger partial charge in [-0.25, -0.2) is 4.98 Å². The zero-order valence-corrected chi connectivity index (χ0v) is 19.9. The number of imidazole rings is 1. The Labute approximate surface area is 199 Å². The maximum atomic E-state index is 12.7. The number of hydrogen-bond acceptors (Lipinski definition) is 3. The minimum absolute atomic E-state index is 0.179.